The molecule has 0 amide bonds. The summed E-state index contributed by atoms with van der Waals surface area (Å²) >= 11 is 0. The molecule has 0 bridgehead atoms. The predicted octanol–water partition coefficient (Wildman–Crippen LogP) is 3.02. The maximum absolute atomic E-state index is 10.6. The largest absolute Gasteiger partial charge is 0.387 e. The molecule has 1 aromatic carbocycles. The van der Waals surface area contributed by atoms with Crippen molar-refractivity contribution in [1.29, 1.82) is 0 Å². The Kier molecular flexibility index (Phi) is 7.20. The number of ether oxygens (including phenoxy) is 1. The summed E-state index contributed by atoms with van der Waals surface area (Å²) in [6.45, 7) is 11.0. The van der Waals surface area contributed by atoms with Crippen LogP contribution in [-0.2, 0) is 4.74 Å². The summed E-state index contributed by atoms with van der Waals surface area (Å²) in [6.07, 6.45) is -0.466. The van der Waals surface area contributed by atoms with Gasteiger partial charge < -0.3 is 9.84 Å². The number of benzene rings is 1. The molecule has 0 fully saturated rings. The Labute approximate surface area is 123 Å². The Morgan fingerprint density at radius 1 is 1.15 bits per heavy atom. The third kappa shape index (κ3) is 5.23. The molecule has 3 heteroatoms. The van der Waals surface area contributed by atoms with Crippen molar-refractivity contribution >= 4 is 0 Å². The second-order valence-electron chi connectivity index (χ2n) is 5.98. The highest BCUT2D eigenvalue weighted by molar-refractivity contribution is 5.24. The first kappa shape index (κ1) is 17.2. The van der Waals surface area contributed by atoms with Gasteiger partial charge in [-0.2, -0.15) is 0 Å². The number of hydrogen-bond acceptors (Lipinski definition) is 3. The maximum Gasteiger partial charge on any atom is 0.0942 e. The van der Waals surface area contributed by atoms with E-state index in [0.717, 1.165) is 18.7 Å². The van der Waals surface area contributed by atoms with E-state index in [4.69, 9.17) is 4.74 Å². The van der Waals surface area contributed by atoms with Crippen LogP contribution in [0.25, 0.3) is 0 Å². The summed E-state index contributed by atoms with van der Waals surface area (Å²) in [5.74, 6) is 0.569. The maximum atomic E-state index is 10.6. The van der Waals surface area contributed by atoms with Crippen molar-refractivity contribution in [2.75, 3.05) is 26.8 Å². The Bertz CT molecular complexity index is 375. The molecule has 114 valence electrons. The van der Waals surface area contributed by atoms with Crippen molar-refractivity contribution in [3.63, 3.8) is 0 Å². The fourth-order valence-corrected chi connectivity index (χ4v) is 2.38. The zero-order valence-electron chi connectivity index (χ0n) is 13.5. The lowest BCUT2D eigenvalue weighted by molar-refractivity contribution is 0.0354. The van der Waals surface area contributed by atoms with Crippen LogP contribution in [0.15, 0.2) is 24.3 Å². The van der Waals surface area contributed by atoms with Gasteiger partial charge >= 0.3 is 0 Å². The van der Waals surface area contributed by atoms with Crippen molar-refractivity contribution in [2.24, 2.45) is 5.92 Å². The second-order valence-corrected chi connectivity index (χ2v) is 5.98. The minimum absolute atomic E-state index is 0.0789. The van der Waals surface area contributed by atoms with Crippen LogP contribution in [0, 0.1) is 12.8 Å². The number of nitrogens with zero attached hydrogens (tertiary/aromatic N) is 1. The summed E-state index contributed by atoms with van der Waals surface area (Å²) in [5, 5.41) is 10.6. The van der Waals surface area contributed by atoms with E-state index >= 15 is 0 Å². The van der Waals surface area contributed by atoms with Crippen LogP contribution in [0.3, 0.4) is 0 Å². The Morgan fingerprint density at radius 3 is 2.25 bits per heavy atom. The summed E-state index contributed by atoms with van der Waals surface area (Å²) in [6, 6.07) is 8.21. The van der Waals surface area contributed by atoms with E-state index in [-0.39, 0.29) is 6.04 Å². The average molecular weight is 279 g/mol. The highest BCUT2D eigenvalue weighted by Crippen LogP contribution is 2.22. The number of aryl methyl sites for hydroxylation is 1. The van der Waals surface area contributed by atoms with Gasteiger partial charge in [-0.15, -0.1) is 0 Å². The lowest BCUT2D eigenvalue weighted by atomic mass is 10.00. The molecule has 1 rings (SSSR count). The van der Waals surface area contributed by atoms with Crippen molar-refractivity contribution in [3.05, 3.63) is 35.4 Å². The quantitative estimate of drug-likeness (QED) is 0.794. The van der Waals surface area contributed by atoms with Gasteiger partial charge in [0.05, 0.1) is 12.7 Å². The van der Waals surface area contributed by atoms with Crippen molar-refractivity contribution < 1.29 is 9.84 Å². The molecule has 3 nitrogen and oxygen atoms in total. The monoisotopic (exact) mass is 279 g/mol. The summed E-state index contributed by atoms with van der Waals surface area (Å²) in [7, 11) is 1.72. The number of aliphatic hydroxyl groups is 1. The molecule has 0 aliphatic rings. The van der Waals surface area contributed by atoms with Gasteiger partial charge in [-0.1, -0.05) is 43.7 Å². The number of methoxy groups -OCH3 is 1. The van der Waals surface area contributed by atoms with Crippen LogP contribution in [0.1, 0.15) is 38.0 Å². The van der Waals surface area contributed by atoms with E-state index in [0.29, 0.717) is 12.5 Å². The molecule has 2 unspecified atom stereocenters. The molecule has 0 heterocycles. The van der Waals surface area contributed by atoms with Gasteiger partial charge in [0, 0.05) is 26.2 Å². The molecule has 20 heavy (non-hydrogen) atoms. The Morgan fingerprint density at radius 2 is 1.75 bits per heavy atom. The SMILES string of the molecule is COCCN(CC(C)C)C(C)C(O)c1ccc(C)cc1. The lowest BCUT2D eigenvalue weighted by Crippen LogP contribution is -2.41. The minimum atomic E-state index is -0.466. The first-order valence-corrected chi connectivity index (χ1v) is 7.43. The molecule has 0 aliphatic heterocycles. The van der Waals surface area contributed by atoms with Crippen LogP contribution in [0.2, 0.25) is 0 Å². The van der Waals surface area contributed by atoms with Gasteiger partial charge in [-0.3, -0.25) is 4.90 Å². The van der Waals surface area contributed by atoms with Crippen LogP contribution in [0.5, 0.6) is 0 Å². The summed E-state index contributed by atoms with van der Waals surface area (Å²) in [5.41, 5.74) is 2.20. The smallest absolute Gasteiger partial charge is 0.0942 e. The minimum Gasteiger partial charge on any atom is -0.387 e. The fourth-order valence-electron chi connectivity index (χ4n) is 2.38. The van der Waals surface area contributed by atoms with E-state index in [9.17, 15) is 5.11 Å². The molecule has 1 aromatic rings. The number of rotatable bonds is 8. The molecular weight excluding hydrogens is 250 g/mol. The molecule has 0 saturated carbocycles. The molecular formula is C17H29NO2. The van der Waals surface area contributed by atoms with E-state index in [1.807, 2.05) is 24.3 Å². The predicted molar refractivity (Wildman–Crippen MR) is 83.9 cm³/mol. The summed E-state index contributed by atoms with van der Waals surface area (Å²) in [4.78, 5) is 2.30. The van der Waals surface area contributed by atoms with Crippen LogP contribution >= 0.6 is 0 Å². The van der Waals surface area contributed by atoms with Crippen molar-refractivity contribution in [1.82, 2.24) is 4.90 Å². The van der Waals surface area contributed by atoms with Crippen molar-refractivity contribution in [2.45, 2.75) is 39.8 Å². The second kappa shape index (κ2) is 8.40. The molecule has 0 aromatic heterocycles. The van der Waals surface area contributed by atoms with Crippen molar-refractivity contribution in [3.8, 4) is 0 Å². The van der Waals surface area contributed by atoms with Crippen LogP contribution < -0.4 is 0 Å². The first-order chi connectivity index (χ1) is 9.45. The van der Waals surface area contributed by atoms with E-state index in [1.54, 1.807) is 7.11 Å². The van der Waals surface area contributed by atoms with Gasteiger partial charge in [-0.05, 0) is 25.3 Å². The molecule has 0 radical (unpaired) electrons. The third-order valence-corrected chi connectivity index (χ3v) is 3.63. The number of hydrogen-bond donors (Lipinski definition) is 1. The third-order valence-electron chi connectivity index (χ3n) is 3.63. The van der Waals surface area contributed by atoms with Crippen LogP contribution in [0.4, 0.5) is 0 Å². The average Bonchev–Trinajstić information content (AvgIpc) is 2.42. The van der Waals surface area contributed by atoms with Gasteiger partial charge in [-0.25, -0.2) is 0 Å². The number of aliphatic hydroxyl groups excluding tert-OH is 1. The first-order valence-electron chi connectivity index (χ1n) is 7.43. The fraction of sp³-hybridized carbons (Fsp3) is 0.647. The van der Waals surface area contributed by atoms with Gasteiger partial charge in [0.2, 0.25) is 0 Å². The normalized spacial score (nSPS) is 14.8. The zero-order chi connectivity index (χ0) is 15.1. The summed E-state index contributed by atoms with van der Waals surface area (Å²) < 4.78 is 5.18. The standard InChI is InChI=1S/C17H29NO2/c1-13(2)12-18(10-11-20-5)15(4)17(19)16-8-6-14(3)7-9-16/h6-9,13,15,17,19H,10-12H2,1-5H3. The van der Waals surface area contributed by atoms with Gasteiger partial charge in [0.25, 0.3) is 0 Å². The zero-order valence-corrected chi connectivity index (χ0v) is 13.5. The molecule has 0 saturated heterocycles. The molecule has 0 aliphatic carbocycles. The molecule has 2 atom stereocenters. The molecule has 1 N–H and O–H groups in total. The van der Waals surface area contributed by atoms with E-state index < -0.39 is 6.10 Å². The Balaban J connectivity index is 2.75. The highest BCUT2D eigenvalue weighted by Gasteiger charge is 2.23. The Hall–Kier alpha value is -0.900. The topological polar surface area (TPSA) is 32.7 Å². The highest BCUT2D eigenvalue weighted by atomic mass is 16.5. The van der Waals surface area contributed by atoms with E-state index in [2.05, 4.69) is 32.6 Å². The van der Waals surface area contributed by atoms with Gasteiger partial charge in [0.15, 0.2) is 0 Å². The lowest BCUT2D eigenvalue weighted by Gasteiger charge is -2.33. The van der Waals surface area contributed by atoms with E-state index in [1.165, 1.54) is 5.56 Å². The van der Waals surface area contributed by atoms with Gasteiger partial charge in [0.1, 0.15) is 0 Å². The molecule has 0 spiro atoms. The van der Waals surface area contributed by atoms with Crippen LogP contribution in [-0.4, -0.2) is 42.9 Å².